The lowest BCUT2D eigenvalue weighted by atomic mass is 10.1. The number of phenolic OH excluding ortho intramolecular Hbond substituents is 1. The van der Waals surface area contributed by atoms with Gasteiger partial charge in [0, 0.05) is 16.5 Å². The Labute approximate surface area is 111 Å². The van der Waals surface area contributed by atoms with E-state index in [1.165, 1.54) is 0 Å². The third-order valence-corrected chi connectivity index (χ3v) is 3.27. The van der Waals surface area contributed by atoms with Gasteiger partial charge in [-0.25, -0.2) is 0 Å². The Bertz CT molecular complexity index is 724. The maximum absolute atomic E-state index is 9.54. The van der Waals surface area contributed by atoms with Crippen LogP contribution in [-0.2, 0) is 0 Å². The molecule has 19 heavy (non-hydrogen) atoms. The highest BCUT2D eigenvalue weighted by molar-refractivity contribution is 5.88. The van der Waals surface area contributed by atoms with Gasteiger partial charge in [0.25, 0.3) is 0 Å². The van der Waals surface area contributed by atoms with Gasteiger partial charge in [-0.15, -0.1) is 0 Å². The molecule has 1 N–H and O–H groups in total. The first kappa shape index (κ1) is 11.7. The maximum Gasteiger partial charge on any atom is 0.138 e. The third-order valence-electron chi connectivity index (χ3n) is 3.27. The van der Waals surface area contributed by atoms with E-state index in [-0.39, 0.29) is 5.75 Å². The average Bonchev–Trinajstić information content (AvgIpc) is 2.76. The van der Waals surface area contributed by atoms with Crippen LogP contribution in [0.4, 0.5) is 0 Å². The second kappa shape index (κ2) is 4.35. The largest absolute Gasteiger partial charge is 0.508 e. The zero-order chi connectivity index (χ0) is 13.4. The van der Waals surface area contributed by atoms with Crippen LogP contribution < -0.4 is 4.74 Å². The fourth-order valence-corrected chi connectivity index (χ4v) is 2.23. The molecule has 3 nitrogen and oxygen atoms in total. The van der Waals surface area contributed by atoms with Crippen LogP contribution in [0.15, 0.2) is 46.9 Å². The van der Waals surface area contributed by atoms with E-state index in [2.05, 4.69) is 0 Å². The number of rotatable bonds is 2. The number of hydrogen-bond donors (Lipinski definition) is 1. The molecule has 96 valence electrons. The average molecular weight is 254 g/mol. The molecule has 0 saturated heterocycles. The minimum absolute atomic E-state index is 0.248. The first-order valence-corrected chi connectivity index (χ1v) is 6.05. The topological polar surface area (TPSA) is 42.6 Å². The van der Waals surface area contributed by atoms with Gasteiger partial charge in [0.1, 0.15) is 22.8 Å². The molecule has 0 atom stereocenters. The Morgan fingerprint density at radius 2 is 1.79 bits per heavy atom. The Morgan fingerprint density at radius 1 is 1.05 bits per heavy atom. The van der Waals surface area contributed by atoms with Gasteiger partial charge in [-0.2, -0.15) is 0 Å². The molecule has 0 aliphatic rings. The number of aryl methyl sites for hydroxylation is 1. The number of fused-ring (bicyclic) bond motifs is 1. The number of furan rings is 1. The molecule has 1 aromatic heterocycles. The lowest BCUT2D eigenvalue weighted by molar-refractivity contribution is 0.415. The van der Waals surface area contributed by atoms with Crippen molar-refractivity contribution in [3.05, 3.63) is 48.0 Å². The molecule has 3 aromatic rings. The number of aromatic hydroxyl groups is 1. The van der Waals surface area contributed by atoms with Crippen molar-refractivity contribution < 1.29 is 14.3 Å². The molecule has 0 radical (unpaired) electrons. The third kappa shape index (κ3) is 1.93. The van der Waals surface area contributed by atoms with Gasteiger partial charge in [-0.1, -0.05) is 0 Å². The molecule has 0 fully saturated rings. The van der Waals surface area contributed by atoms with Crippen molar-refractivity contribution in [2.45, 2.75) is 6.92 Å². The summed E-state index contributed by atoms with van der Waals surface area (Å²) in [6.45, 7) is 1.99. The Balaban J connectivity index is 2.16. The second-order valence-electron chi connectivity index (χ2n) is 4.47. The van der Waals surface area contributed by atoms with E-state index >= 15 is 0 Å². The molecule has 3 heteroatoms. The van der Waals surface area contributed by atoms with Gasteiger partial charge in [-0.3, -0.25) is 0 Å². The summed E-state index contributed by atoms with van der Waals surface area (Å²) in [7, 11) is 1.64. The van der Waals surface area contributed by atoms with Crippen molar-refractivity contribution in [2.75, 3.05) is 7.11 Å². The predicted octanol–water partition coefficient (Wildman–Crippen LogP) is 4.12. The molecule has 0 amide bonds. The van der Waals surface area contributed by atoms with Crippen LogP contribution in [0.5, 0.6) is 11.5 Å². The fourth-order valence-electron chi connectivity index (χ4n) is 2.23. The fraction of sp³-hybridized carbons (Fsp3) is 0.125. The van der Waals surface area contributed by atoms with Crippen molar-refractivity contribution >= 4 is 11.0 Å². The zero-order valence-electron chi connectivity index (χ0n) is 10.8. The monoisotopic (exact) mass is 254 g/mol. The summed E-state index contributed by atoms with van der Waals surface area (Å²) in [6, 6.07) is 12.9. The number of phenols is 1. The Morgan fingerprint density at radius 3 is 2.47 bits per heavy atom. The highest BCUT2D eigenvalue weighted by Crippen LogP contribution is 2.35. The number of methoxy groups -OCH3 is 1. The van der Waals surface area contributed by atoms with Crippen LogP contribution in [0.25, 0.3) is 22.3 Å². The molecule has 0 aliphatic carbocycles. The van der Waals surface area contributed by atoms with Crippen LogP contribution in [0.2, 0.25) is 0 Å². The molecular weight excluding hydrogens is 240 g/mol. The van der Waals surface area contributed by atoms with Gasteiger partial charge in [0.2, 0.25) is 0 Å². The smallest absolute Gasteiger partial charge is 0.138 e. The minimum Gasteiger partial charge on any atom is -0.508 e. The summed E-state index contributed by atoms with van der Waals surface area (Å²) in [5, 5.41) is 10.5. The summed E-state index contributed by atoms with van der Waals surface area (Å²) in [6.07, 6.45) is 0. The van der Waals surface area contributed by atoms with E-state index in [0.29, 0.717) is 0 Å². The van der Waals surface area contributed by atoms with Gasteiger partial charge in [0.05, 0.1) is 7.11 Å². The Kier molecular flexibility index (Phi) is 2.67. The van der Waals surface area contributed by atoms with Crippen molar-refractivity contribution in [1.82, 2.24) is 0 Å². The summed E-state index contributed by atoms with van der Waals surface area (Å²) in [4.78, 5) is 0. The first-order chi connectivity index (χ1) is 9.19. The standard InChI is InChI=1S/C16H14O3/c1-10-14-9-12(17)5-8-15(14)19-16(10)11-3-6-13(18-2)7-4-11/h3-9,17H,1-2H3. The van der Waals surface area contributed by atoms with E-state index in [9.17, 15) is 5.11 Å². The predicted molar refractivity (Wildman–Crippen MR) is 74.6 cm³/mol. The van der Waals surface area contributed by atoms with Gasteiger partial charge >= 0.3 is 0 Å². The highest BCUT2D eigenvalue weighted by atomic mass is 16.5. The van der Waals surface area contributed by atoms with E-state index in [1.54, 1.807) is 25.3 Å². The normalized spacial score (nSPS) is 10.8. The molecule has 0 bridgehead atoms. The molecule has 0 unspecified atom stereocenters. The maximum atomic E-state index is 9.54. The molecule has 2 aromatic carbocycles. The van der Waals surface area contributed by atoms with Crippen LogP contribution in [0, 0.1) is 6.92 Å². The zero-order valence-corrected chi connectivity index (χ0v) is 10.8. The quantitative estimate of drug-likeness (QED) is 0.748. The summed E-state index contributed by atoms with van der Waals surface area (Å²) < 4.78 is 11.0. The summed E-state index contributed by atoms with van der Waals surface area (Å²) in [5.41, 5.74) is 2.80. The van der Waals surface area contributed by atoms with Crippen molar-refractivity contribution in [1.29, 1.82) is 0 Å². The first-order valence-electron chi connectivity index (χ1n) is 6.05. The lowest BCUT2D eigenvalue weighted by Gasteiger charge is -2.01. The summed E-state index contributed by atoms with van der Waals surface area (Å²) >= 11 is 0. The van der Waals surface area contributed by atoms with Crippen LogP contribution in [0.3, 0.4) is 0 Å². The molecule has 1 heterocycles. The number of ether oxygens (including phenoxy) is 1. The van der Waals surface area contributed by atoms with Crippen molar-refractivity contribution in [3.63, 3.8) is 0 Å². The van der Waals surface area contributed by atoms with Crippen LogP contribution in [-0.4, -0.2) is 12.2 Å². The Hall–Kier alpha value is -2.42. The van der Waals surface area contributed by atoms with Gasteiger partial charge < -0.3 is 14.3 Å². The van der Waals surface area contributed by atoms with E-state index in [4.69, 9.17) is 9.15 Å². The van der Waals surface area contributed by atoms with Crippen LogP contribution in [0.1, 0.15) is 5.56 Å². The van der Waals surface area contributed by atoms with Gasteiger partial charge in [0.15, 0.2) is 0 Å². The van der Waals surface area contributed by atoms with E-state index < -0.39 is 0 Å². The van der Waals surface area contributed by atoms with Crippen molar-refractivity contribution in [3.8, 4) is 22.8 Å². The SMILES string of the molecule is COc1ccc(-c2oc3ccc(O)cc3c2C)cc1. The second-order valence-corrected chi connectivity index (χ2v) is 4.47. The van der Waals surface area contributed by atoms with Crippen LogP contribution >= 0.6 is 0 Å². The molecule has 0 spiro atoms. The van der Waals surface area contributed by atoms with Crippen molar-refractivity contribution in [2.24, 2.45) is 0 Å². The van der Waals surface area contributed by atoms with E-state index in [1.807, 2.05) is 31.2 Å². The number of hydrogen-bond acceptors (Lipinski definition) is 3. The number of benzene rings is 2. The molecule has 0 aliphatic heterocycles. The molecule has 3 rings (SSSR count). The molecular formula is C16H14O3. The minimum atomic E-state index is 0.248. The van der Waals surface area contributed by atoms with Gasteiger partial charge in [-0.05, 0) is 49.4 Å². The summed E-state index contributed by atoms with van der Waals surface area (Å²) in [5.74, 6) is 1.89. The molecule has 0 saturated carbocycles. The highest BCUT2D eigenvalue weighted by Gasteiger charge is 2.12. The lowest BCUT2D eigenvalue weighted by Crippen LogP contribution is -1.82. The van der Waals surface area contributed by atoms with E-state index in [0.717, 1.165) is 33.6 Å².